The second kappa shape index (κ2) is 11.1. The van der Waals surface area contributed by atoms with Gasteiger partial charge in [-0.3, -0.25) is 4.79 Å². The highest BCUT2D eigenvalue weighted by Gasteiger charge is 2.44. The number of ether oxygens (including phenoxy) is 2. The van der Waals surface area contributed by atoms with Crippen molar-refractivity contribution in [1.29, 1.82) is 0 Å². The number of hydrogen-bond donors (Lipinski definition) is 7. The van der Waals surface area contributed by atoms with Crippen LogP contribution in [0.4, 0.5) is 0 Å². The van der Waals surface area contributed by atoms with Gasteiger partial charge in [0, 0.05) is 19.1 Å². The first-order chi connectivity index (χ1) is 12.3. The number of aliphatic hydroxyl groups excluding tert-OH is 6. The lowest BCUT2D eigenvalue weighted by Gasteiger charge is -2.42. The van der Waals surface area contributed by atoms with E-state index in [1.165, 1.54) is 0 Å². The van der Waals surface area contributed by atoms with E-state index in [-0.39, 0.29) is 6.42 Å². The summed E-state index contributed by atoms with van der Waals surface area (Å²) >= 11 is 0. The Balaban J connectivity index is 2.80. The molecule has 8 atom stereocenters. The highest BCUT2D eigenvalue weighted by Crippen LogP contribution is 2.28. The summed E-state index contributed by atoms with van der Waals surface area (Å²) in [5.41, 5.74) is 0. The van der Waals surface area contributed by atoms with E-state index in [1.807, 2.05) is 6.92 Å². The summed E-state index contributed by atoms with van der Waals surface area (Å²) in [4.78, 5) is 11.8. The SMILES string of the molecule is CCCNC(=O)C(O)C(O)C(CCO)OC1OC(CO)C(O)C(C)C1O. The molecule has 1 aliphatic heterocycles. The van der Waals surface area contributed by atoms with E-state index in [0.29, 0.717) is 13.0 Å². The fourth-order valence-electron chi connectivity index (χ4n) is 2.72. The van der Waals surface area contributed by atoms with Crippen molar-refractivity contribution in [3.05, 3.63) is 0 Å². The molecular formula is C16H31NO9. The van der Waals surface area contributed by atoms with Gasteiger partial charge in [0.05, 0.1) is 18.8 Å². The standard InChI is InChI=1S/C16H31NO9/c1-3-5-17-15(24)14(23)13(22)9(4-6-18)25-16-12(21)8(2)11(20)10(7-19)26-16/h8-14,16,18-23H,3-7H2,1-2H3,(H,17,24). The molecule has 1 fully saturated rings. The second-order valence-corrected chi connectivity index (χ2v) is 6.48. The molecule has 1 rings (SSSR count). The van der Waals surface area contributed by atoms with E-state index in [9.17, 15) is 35.4 Å². The molecule has 0 bridgehead atoms. The van der Waals surface area contributed by atoms with Crippen molar-refractivity contribution in [2.45, 2.75) is 69.6 Å². The minimum Gasteiger partial charge on any atom is -0.396 e. The van der Waals surface area contributed by atoms with Gasteiger partial charge >= 0.3 is 0 Å². The molecule has 0 spiro atoms. The number of carbonyl (C=O) groups excluding carboxylic acids is 1. The van der Waals surface area contributed by atoms with Crippen molar-refractivity contribution in [3.63, 3.8) is 0 Å². The smallest absolute Gasteiger partial charge is 0.251 e. The van der Waals surface area contributed by atoms with Gasteiger partial charge in [0.2, 0.25) is 0 Å². The first-order valence-corrected chi connectivity index (χ1v) is 8.81. The van der Waals surface area contributed by atoms with Crippen molar-refractivity contribution >= 4 is 5.91 Å². The first kappa shape index (κ1) is 23.2. The zero-order chi connectivity index (χ0) is 19.9. The summed E-state index contributed by atoms with van der Waals surface area (Å²) in [7, 11) is 0. The molecule has 0 aromatic carbocycles. The summed E-state index contributed by atoms with van der Waals surface area (Å²) in [5, 5.41) is 61.3. The van der Waals surface area contributed by atoms with Crippen LogP contribution in [-0.4, -0.2) is 99.2 Å². The fraction of sp³-hybridized carbons (Fsp3) is 0.938. The van der Waals surface area contributed by atoms with Crippen LogP contribution in [0.3, 0.4) is 0 Å². The Morgan fingerprint density at radius 2 is 1.88 bits per heavy atom. The highest BCUT2D eigenvalue weighted by atomic mass is 16.7. The Morgan fingerprint density at radius 1 is 1.23 bits per heavy atom. The lowest BCUT2D eigenvalue weighted by atomic mass is 9.91. The Bertz CT molecular complexity index is 423. The first-order valence-electron chi connectivity index (χ1n) is 8.81. The van der Waals surface area contributed by atoms with E-state index in [2.05, 4.69) is 5.32 Å². The van der Waals surface area contributed by atoms with Gasteiger partial charge in [-0.15, -0.1) is 0 Å². The van der Waals surface area contributed by atoms with E-state index in [1.54, 1.807) is 6.92 Å². The van der Waals surface area contributed by atoms with Crippen molar-refractivity contribution in [2.75, 3.05) is 19.8 Å². The Morgan fingerprint density at radius 3 is 2.42 bits per heavy atom. The molecule has 1 saturated heterocycles. The summed E-state index contributed by atoms with van der Waals surface area (Å²) in [6.45, 7) is 2.78. The zero-order valence-corrected chi connectivity index (χ0v) is 15.1. The third-order valence-corrected chi connectivity index (χ3v) is 4.47. The summed E-state index contributed by atoms with van der Waals surface area (Å²) < 4.78 is 10.8. The van der Waals surface area contributed by atoms with E-state index < -0.39 is 68.0 Å². The topological polar surface area (TPSA) is 169 Å². The normalized spacial score (nSPS) is 32.7. The van der Waals surface area contributed by atoms with Crippen LogP contribution < -0.4 is 5.32 Å². The quantitative estimate of drug-likeness (QED) is 0.209. The van der Waals surface area contributed by atoms with Gasteiger partial charge in [0.25, 0.3) is 5.91 Å². The fourth-order valence-corrected chi connectivity index (χ4v) is 2.72. The summed E-state index contributed by atoms with van der Waals surface area (Å²) in [6.07, 6.45) is -8.87. The molecule has 1 amide bonds. The number of rotatable bonds is 10. The number of aliphatic hydroxyl groups is 6. The van der Waals surface area contributed by atoms with Gasteiger partial charge in [-0.1, -0.05) is 13.8 Å². The molecule has 0 aromatic rings. The molecule has 7 N–H and O–H groups in total. The summed E-state index contributed by atoms with van der Waals surface area (Å²) in [5.74, 6) is -1.47. The van der Waals surface area contributed by atoms with Crippen LogP contribution in [0.1, 0.15) is 26.7 Å². The molecular weight excluding hydrogens is 350 g/mol. The van der Waals surface area contributed by atoms with Crippen LogP contribution in [0.15, 0.2) is 0 Å². The highest BCUT2D eigenvalue weighted by molar-refractivity contribution is 5.81. The molecule has 10 heteroatoms. The van der Waals surface area contributed by atoms with Crippen molar-refractivity contribution in [2.24, 2.45) is 5.92 Å². The van der Waals surface area contributed by atoms with Crippen LogP contribution in [0.5, 0.6) is 0 Å². The second-order valence-electron chi connectivity index (χ2n) is 6.48. The lowest BCUT2D eigenvalue weighted by molar-refractivity contribution is -0.309. The molecule has 0 saturated carbocycles. The van der Waals surface area contributed by atoms with Crippen molar-refractivity contribution < 1.29 is 44.9 Å². The maximum absolute atomic E-state index is 11.8. The van der Waals surface area contributed by atoms with Crippen LogP contribution in [0.25, 0.3) is 0 Å². The minimum atomic E-state index is -1.80. The van der Waals surface area contributed by atoms with Gasteiger partial charge in [-0.05, 0) is 12.8 Å². The van der Waals surface area contributed by atoms with Crippen LogP contribution in [-0.2, 0) is 14.3 Å². The van der Waals surface area contributed by atoms with Gasteiger partial charge < -0.3 is 45.4 Å². The Kier molecular flexibility index (Phi) is 9.90. The molecule has 0 aromatic heterocycles. The monoisotopic (exact) mass is 381 g/mol. The minimum absolute atomic E-state index is 0.132. The predicted molar refractivity (Wildman–Crippen MR) is 88.8 cm³/mol. The lowest BCUT2D eigenvalue weighted by Crippen LogP contribution is -2.57. The molecule has 26 heavy (non-hydrogen) atoms. The molecule has 8 unspecified atom stereocenters. The van der Waals surface area contributed by atoms with E-state index >= 15 is 0 Å². The van der Waals surface area contributed by atoms with Crippen LogP contribution in [0.2, 0.25) is 0 Å². The number of amides is 1. The molecule has 10 nitrogen and oxygen atoms in total. The van der Waals surface area contributed by atoms with E-state index in [0.717, 1.165) is 0 Å². The molecule has 0 aliphatic carbocycles. The summed E-state index contributed by atoms with van der Waals surface area (Å²) in [6, 6.07) is 0. The third-order valence-electron chi connectivity index (χ3n) is 4.47. The maximum atomic E-state index is 11.8. The zero-order valence-electron chi connectivity index (χ0n) is 15.1. The molecule has 0 radical (unpaired) electrons. The van der Waals surface area contributed by atoms with Gasteiger partial charge in [-0.25, -0.2) is 0 Å². The average molecular weight is 381 g/mol. The largest absolute Gasteiger partial charge is 0.396 e. The molecule has 1 heterocycles. The number of carbonyl (C=O) groups is 1. The van der Waals surface area contributed by atoms with E-state index in [4.69, 9.17) is 9.47 Å². The molecule has 1 aliphatic rings. The Labute approximate surface area is 152 Å². The van der Waals surface area contributed by atoms with Gasteiger partial charge in [-0.2, -0.15) is 0 Å². The third kappa shape index (κ3) is 5.83. The van der Waals surface area contributed by atoms with Crippen LogP contribution >= 0.6 is 0 Å². The number of nitrogens with one attached hydrogen (secondary N) is 1. The number of hydrogen-bond acceptors (Lipinski definition) is 9. The maximum Gasteiger partial charge on any atom is 0.251 e. The van der Waals surface area contributed by atoms with Crippen molar-refractivity contribution in [3.8, 4) is 0 Å². The van der Waals surface area contributed by atoms with Gasteiger partial charge in [0.1, 0.15) is 18.3 Å². The van der Waals surface area contributed by atoms with Crippen LogP contribution in [0, 0.1) is 5.92 Å². The Hall–Kier alpha value is -0.850. The predicted octanol–water partition coefficient (Wildman–Crippen LogP) is -2.92. The van der Waals surface area contributed by atoms with Gasteiger partial charge in [0.15, 0.2) is 12.4 Å². The average Bonchev–Trinajstić information content (AvgIpc) is 2.64. The van der Waals surface area contributed by atoms with Crippen molar-refractivity contribution in [1.82, 2.24) is 5.32 Å². The molecule has 154 valence electrons.